The largest absolute Gasteiger partial charge is 0.331 e. The minimum atomic E-state index is -3.65. The molecule has 0 bridgehead atoms. The van der Waals surface area contributed by atoms with Crippen molar-refractivity contribution in [1.29, 1.82) is 5.26 Å². The van der Waals surface area contributed by atoms with Gasteiger partial charge in [-0.2, -0.15) is 5.26 Å². The van der Waals surface area contributed by atoms with E-state index in [0.29, 0.717) is 23.2 Å². The quantitative estimate of drug-likeness (QED) is 0.549. The van der Waals surface area contributed by atoms with Gasteiger partial charge in [0.25, 0.3) is 10.0 Å². The standard InChI is InChI=1S/C22H18N4O2S/c1-26-21-12-11-18(25-29(27,28)19-5-3-2-4-6-19)14-20(21)24-22(26)13-16-7-9-17(15-23)10-8-16/h2-12,14,25H,13H2,1H3. The Hall–Kier alpha value is -3.63. The fourth-order valence-electron chi connectivity index (χ4n) is 3.16. The highest BCUT2D eigenvalue weighted by Gasteiger charge is 2.15. The van der Waals surface area contributed by atoms with Crippen molar-refractivity contribution in [2.75, 3.05) is 4.72 Å². The fourth-order valence-corrected chi connectivity index (χ4v) is 4.24. The Morgan fingerprint density at radius 1 is 1.03 bits per heavy atom. The molecule has 0 amide bonds. The molecule has 1 N–H and O–H groups in total. The van der Waals surface area contributed by atoms with Gasteiger partial charge in [-0.15, -0.1) is 0 Å². The van der Waals surface area contributed by atoms with E-state index in [1.165, 1.54) is 0 Å². The van der Waals surface area contributed by atoms with Crippen LogP contribution in [-0.2, 0) is 23.5 Å². The van der Waals surface area contributed by atoms with Crippen molar-refractivity contribution in [2.45, 2.75) is 11.3 Å². The SMILES string of the molecule is Cn1c(Cc2ccc(C#N)cc2)nc2cc(NS(=O)(=O)c3ccccc3)ccc21. The van der Waals surface area contributed by atoms with Crippen molar-refractivity contribution in [3.8, 4) is 6.07 Å². The van der Waals surface area contributed by atoms with E-state index in [1.54, 1.807) is 54.6 Å². The normalized spacial score (nSPS) is 11.3. The Kier molecular flexibility index (Phi) is 4.79. The van der Waals surface area contributed by atoms with Crippen LogP contribution in [0.4, 0.5) is 5.69 Å². The number of hydrogen-bond donors (Lipinski definition) is 1. The molecule has 4 rings (SSSR count). The topological polar surface area (TPSA) is 87.8 Å². The predicted molar refractivity (Wildman–Crippen MR) is 112 cm³/mol. The van der Waals surface area contributed by atoms with Crippen LogP contribution in [0.1, 0.15) is 17.0 Å². The summed E-state index contributed by atoms with van der Waals surface area (Å²) in [5, 5.41) is 8.92. The van der Waals surface area contributed by atoms with E-state index in [9.17, 15) is 8.42 Å². The van der Waals surface area contributed by atoms with Gasteiger partial charge in [-0.25, -0.2) is 13.4 Å². The van der Waals surface area contributed by atoms with E-state index in [1.807, 2.05) is 29.8 Å². The van der Waals surface area contributed by atoms with Gasteiger partial charge in [0.05, 0.1) is 33.2 Å². The average molecular weight is 402 g/mol. The van der Waals surface area contributed by atoms with Crippen LogP contribution >= 0.6 is 0 Å². The molecule has 0 unspecified atom stereocenters. The van der Waals surface area contributed by atoms with Crippen molar-refractivity contribution < 1.29 is 8.42 Å². The lowest BCUT2D eigenvalue weighted by molar-refractivity contribution is 0.601. The number of nitrogens with one attached hydrogen (secondary N) is 1. The molecule has 29 heavy (non-hydrogen) atoms. The van der Waals surface area contributed by atoms with Gasteiger partial charge in [0.15, 0.2) is 0 Å². The zero-order valence-corrected chi connectivity index (χ0v) is 16.5. The zero-order chi connectivity index (χ0) is 20.4. The first-order valence-electron chi connectivity index (χ1n) is 8.98. The number of nitrogens with zero attached hydrogens (tertiary/aromatic N) is 3. The van der Waals surface area contributed by atoms with Crippen LogP contribution in [0.3, 0.4) is 0 Å². The second kappa shape index (κ2) is 7.41. The molecule has 0 saturated carbocycles. The Balaban J connectivity index is 1.62. The molecule has 0 saturated heterocycles. The maximum Gasteiger partial charge on any atom is 0.261 e. The smallest absolute Gasteiger partial charge is 0.261 e. The molecular weight excluding hydrogens is 384 g/mol. The molecule has 6 nitrogen and oxygen atoms in total. The second-order valence-corrected chi connectivity index (χ2v) is 8.38. The van der Waals surface area contributed by atoms with Gasteiger partial charge < -0.3 is 4.57 Å². The number of anilines is 1. The third-order valence-electron chi connectivity index (χ3n) is 4.72. The van der Waals surface area contributed by atoms with Gasteiger partial charge in [-0.1, -0.05) is 30.3 Å². The third kappa shape index (κ3) is 3.84. The first-order chi connectivity index (χ1) is 14.0. The van der Waals surface area contributed by atoms with Crippen LogP contribution in [0.25, 0.3) is 11.0 Å². The van der Waals surface area contributed by atoms with Crippen molar-refractivity contribution in [1.82, 2.24) is 9.55 Å². The fraction of sp³-hybridized carbons (Fsp3) is 0.0909. The maximum absolute atomic E-state index is 12.5. The molecule has 0 atom stereocenters. The summed E-state index contributed by atoms with van der Waals surface area (Å²) in [5.74, 6) is 0.854. The van der Waals surface area contributed by atoms with Crippen molar-refractivity contribution >= 4 is 26.7 Å². The van der Waals surface area contributed by atoms with Crippen LogP contribution in [0.5, 0.6) is 0 Å². The minimum Gasteiger partial charge on any atom is -0.331 e. The van der Waals surface area contributed by atoms with Gasteiger partial charge >= 0.3 is 0 Å². The van der Waals surface area contributed by atoms with Gasteiger partial charge in [-0.05, 0) is 48.0 Å². The highest BCUT2D eigenvalue weighted by Crippen LogP contribution is 2.23. The minimum absolute atomic E-state index is 0.211. The number of benzene rings is 3. The Labute approximate surface area is 169 Å². The molecule has 0 radical (unpaired) electrons. The first kappa shape index (κ1) is 18.7. The van der Waals surface area contributed by atoms with Crippen LogP contribution < -0.4 is 4.72 Å². The van der Waals surface area contributed by atoms with Crippen LogP contribution in [0.2, 0.25) is 0 Å². The number of sulfonamides is 1. The van der Waals surface area contributed by atoms with Gasteiger partial charge in [0.2, 0.25) is 0 Å². The molecule has 0 aliphatic carbocycles. The van der Waals surface area contributed by atoms with Crippen LogP contribution in [0, 0.1) is 11.3 Å². The predicted octanol–water partition coefficient (Wildman–Crippen LogP) is 3.84. The molecule has 0 aliphatic rings. The van der Waals surface area contributed by atoms with Crippen LogP contribution in [-0.4, -0.2) is 18.0 Å². The zero-order valence-electron chi connectivity index (χ0n) is 15.7. The van der Waals surface area contributed by atoms with E-state index in [-0.39, 0.29) is 4.90 Å². The summed E-state index contributed by atoms with van der Waals surface area (Å²) in [5.41, 5.74) is 3.76. The van der Waals surface area contributed by atoms with E-state index >= 15 is 0 Å². The Morgan fingerprint density at radius 3 is 2.45 bits per heavy atom. The number of nitriles is 1. The summed E-state index contributed by atoms with van der Waals surface area (Å²) < 4.78 is 29.7. The lowest BCUT2D eigenvalue weighted by Gasteiger charge is -2.08. The summed E-state index contributed by atoms with van der Waals surface area (Å²) in [6.45, 7) is 0. The molecule has 7 heteroatoms. The monoisotopic (exact) mass is 402 g/mol. The highest BCUT2D eigenvalue weighted by atomic mass is 32.2. The molecule has 0 spiro atoms. The van der Waals surface area contributed by atoms with Crippen molar-refractivity contribution in [2.24, 2.45) is 7.05 Å². The van der Waals surface area contributed by atoms with E-state index in [2.05, 4.69) is 15.8 Å². The van der Waals surface area contributed by atoms with Crippen molar-refractivity contribution in [3.05, 3.63) is 89.7 Å². The lowest BCUT2D eigenvalue weighted by Crippen LogP contribution is -2.12. The summed E-state index contributed by atoms with van der Waals surface area (Å²) in [7, 11) is -1.72. The van der Waals surface area contributed by atoms with E-state index in [0.717, 1.165) is 16.9 Å². The Morgan fingerprint density at radius 2 is 1.76 bits per heavy atom. The van der Waals surface area contributed by atoms with Crippen molar-refractivity contribution in [3.63, 3.8) is 0 Å². The summed E-state index contributed by atoms with van der Waals surface area (Å²) in [4.78, 5) is 4.89. The maximum atomic E-state index is 12.5. The second-order valence-electron chi connectivity index (χ2n) is 6.69. The summed E-state index contributed by atoms with van der Waals surface area (Å²) in [6, 6.07) is 23.1. The molecular formula is C22H18N4O2S. The highest BCUT2D eigenvalue weighted by molar-refractivity contribution is 7.92. The number of imidazole rings is 1. The number of aryl methyl sites for hydroxylation is 1. The number of hydrogen-bond acceptors (Lipinski definition) is 4. The molecule has 3 aromatic carbocycles. The molecule has 4 aromatic rings. The number of fused-ring (bicyclic) bond motifs is 1. The van der Waals surface area contributed by atoms with Gasteiger partial charge in [0.1, 0.15) is 5.82 Å². The number of aromatic nitrogens is 2. The van der Waals surface area contributed by atoms with Gasteiger partial charge in [0, 0.05) is 13.5 Å². The van der Waals surface area contributed by atoms with E-state index < -0.39 is 10.0 Å². The number of rotatable bonds is 5. The Bertz CT molecular complexity index is 1320. The summed E-state index contributed by atoms with van der Waals surface area (Å²) >= 11 is 0. The molecule has 0 aliphatic heterocycles. The molecule has 0 fully saturated rings. The molecule has 1 aromatic heterocycles. The van der Waals surface area contributed by atoms with Gasteiger partial charge in [-0.3, -0.25) is 4.72 Å². The van der Waals surface area contributed by atoms with E-state index in [4.69, 9.17) is 5.26 Å². The van der Waals surface area contributed by atoms with Crippen LogP contribution in [0.15, 0.2) is 77.7 Å². The third-order valence-corrected chi connectivity index (χ3v) is 6.12. The summed E-state index contributed by atoms with van der Waals surface area (Å²) in [6.07, 6.45) is 0.613. The lowest BCUT2D eigenvalue weighted by atomic mass is 10.1. The molecule has 144 valence electrons. The average Bonchev–Trinajstić information content (AvgIpc) is 3.03. The molecule has 1 heterocycles. The first-order valence-corrected chi connectivity index (χ1v) is 10.5.